The second-order valence-corrected chi connectivity index (χ2v) is 7.84. The fraction of sp³-hybridized carbons (Fsp3) is 0.783. The van der Waals surface area contributed by atoms with Crippen molar-refractivity contribution in [1.82, 2.24) is 0 Å². The highest BCUT2D eigenvalue weighted by Crippen LogP contribution is 2.12. The van der Waals surface area contributed by atoms with Crippen LogP contribution in [-0.2, 0) is 14.3 Å². The van der Waals surface area contributed by atoms with Gasteiger partial charge in [-0.25, -0.2) is 0 Å². The van der Waals surface area contributed by atoms with Gasteiger partial charge in [0, 0.05) is 20.6 Å². The molecule has 0 aromatic carbocycles. The van der Waals surface area contributed by atoms with Crippen molar-refractivity contribution in [2.45, 2.75) is 87.0 Å². The normalized spacial score (nSPS) is 12.3. The summed E-state index contributed by atoms with van der Waals surface area (Å²) in [7, 11) is 1.77. The Kier molecular flexibility index (Phi) is 19.5. The van der Waals surface area contributed by atoms with E-state index in [2.05, 4.69) is 53.7 Å². The van der Waals surface area contributed by atoms with Gasteiger partial charge in [-0.2, -0.15) is 0 Å². The van der Waals surface area contributed by atoms with Crippen LogP contribution in [0.5, 0.6) is 0 Å². The first-order chi connectivity index (χ1) is 12.2. The molecule has 0 heterocycles. The summed E-state index contributed by atoms with van der Waals surface area (Å²) < 4.78 is 9.91. The highest BCUT2D eigenvalue weighted by atomic mass is 16.5. The number of allylic oxidation sites excluding steroid dienone is 4. The molecule has 0 rings (SSSR count). The molecule has 0 saturated heterocycles. The van der Waals surface area contributed by atoms with E-state index in [0.717, 1.165) is 25.4 Å². The monoisotopic (exact) mass is 368 g/mol. The van der Waals surface area contributed by atoms with Crippen LogP contribution in [0.25, 0.3) is 0 Å². The van der Waals surface area contributed by atoms with Crippen LogP contribution in [0.15, 0.2) is 23.3 Å². The lowest BCUT2D eigenvalue weighted by atomic mass is 10.0. The van der Waals surface area contributed by atoms with Gasteiger partial charge < -0.3 is 9.47 Å². The predicted molar refractivity (Wildman–Crippen MR) is 113 cm³/mol. The lowest BCUT2D eigenvalue weighted by molar-refractivity contribution is -0.141. The van der Waals surface area contributed by atoms with Gasteiger partial charge in [-0.05, 0) is 78.1 Å². The minimum absolute atomic E-state index is 0.179. The van der Waals surface area contributed by atoms with Crippen molar-refractivity contribution in [3.05, 3.63) is 23.3 Å². The van der Waals surface area contributed by atoms with Crippen molar-refractivity contribution in [2.24, 2.45) is 11.8 Å². The number of carbonyl (C=O) groups is 1. The number of hydrogen-bond acceptors (Lipinski definition) is 3. The van der Waals surface area contributed by atoms with Crippen LogP contribution in [0.2, 0.25) is 0 Å². The smallest absolute Gasteiger partial charge is 0.302 e. The molecule has 154 valence electrons. The molecular weight excluding hydrogens is 324 g/mol. The molecule has 0 radical (unpaired) electrons. The molecule has 0 aliphatic carbocycles. The van der Waals surface area contributed by atoms with Gasteiger partial charge in [0.05, 0.1) is 6.61 Å². The molecule has 26 heavy (non-hydrogen) atoms. The van der Waals surface area contributed by atoms with Gasteiger partial charge >= 0.3 is 5.97 Å². The van der Waals surface area contributed by atoms with Gasteiger partial charge in [0.2, 0.25) is 0 Å². The second-order valence-electron chi connectivity index (χ2n) is 7.84. The summed E-state index contributed by atoms with van der Waals surface area (Å²) in [6.07, 6.45) is 11.5. The molecule has 0 fully saturated rings. The van der Waals surface area contributed by atoms with Crippen LogP contribution in [0.1, 0.15) is 87.0 Å². The van der Waals surface area contributed by atoms with Gasteiger partial charge in [-0.1, -0.05) is 37.1 Å². The minimum atomic E-state index is -0.179. The Hall–Kier alpha value is -1.09. The largest absolute Gasteiger partial charge is 0.466 e. The first kappa shape index (κ1) is 27.1. The van der Waals surface area contributed by atoms with E-state index in [1.807, 2.05) is 0 Å². The van der Waals surface area contributed by atoms with Crippen LogP contribution in [0, 0.1) is 11.8 Å². The maximum absolute atomic E-state index is 10.5. The van der Waals surface area contributed by atoms with Crippen molar-refractivity contribution in [3.63, 3.8) is 0 Å². The third kappa shape index (κ3) is 25.2. The summed E-state index contributed by atoms with van der Waals surface area (Å²) >= 11 is 0. The lowest BCUT2D eigenvalue weighted by Gasteiger charge is -2.09. The number of esters is 1. The zero-order chi connectivity index (χ0) is 20.4. The van der Waals surface area contributed by atoms with Gasteiger partial charge in [0.1, 0.15) is 0 Å². The molecule has 3 nitrogen and oxygen atoms in total. The molecule has 0 saturated carbocycles. The number of ether oxygens (including phenoxy) is 2. The molecule has 2 unspecified atom stereocenters. The molecule has 0 N–H and O–H groups in total. The van der Waals surface area contributed by atoms with Crippen LogP contribution in [-0.4, -0.2) is 26.3 Å². The fourth-order valence-corrected chi connectivity index (χ4v) is 2.32. The third-order valence-corrected chi connectivity index (χ3v) is 4.15. The highest BCUT2D eigenvalue weighted by Gasteiger charge is 2.02. The molecule has 2 atom stereocenters. The summed E-state index contributed by atoms with van der Waals surface area (Å²) in [6, 6.07) is 0. The molecule has 0 aliphatic rings. The molecule has 0 amide bonds. The van der Waals surface area contributed by atoms with Crippen LogP contribution in [0.4, 0.5) is 0 Å². The van der Waals surface area contributed by atoms with E-state index in [-0.39, 0.29) is 5.97 Å². The number of hydrogen-bond donors (Lipinski definition) is 0. The number of carbonyl (C=O) groups excluding carboxylic acids is 1. The second kappa shape index (κ2) is 18.7. The van der Waals surface area contributed by atoms with E-state index >= 15 is 0 Å². The topological polar surface area (TPSA) is 35.5 Å². The van der Waals surface area contributed by atoms with Gasteiger partial charge in [0.15, 0.2) is 0 Å². The zero-order valence-corrected chi connectivity index (χ0v) is 18.7. The Balaban J connectivity index is 0. The van der Waals surface area contributed by atoms with Crippen molar-refractivity contribution in [1.29, 1.82) is 0 Å². The maximum atomic E-state index is 10.5. The van der Waals surface area contributed by atoms with Gasteiger partial charge in [0.25, 0.3) is 0 Å². The Labute approximate surface area is 163 Å². The molecule has 0 spiro atoms. The van der Waals surface area contributed by atoms with Crippen LogP contribution >= 0.6 is 0 Å². The van der Waals surface area contributed by atoms with E-state index in [4.69, 9.17) is 9.47 Å². The summed E-state index contributed by atoms with van der Waals surface area (Å²) in [5.41, 5.74) is 2.80. The van der Waals surface area contributed by atoms with E-state index in [1.165, 1.54) is 43.8 Å². The fourth-order valence-electron chi connectivity index (χ4n) is 2.32. The first-order valence-corrected chi connectivity index (χ1v) is 10.1. The minimum Gasteiger partial charge on any atom is -0.466 e. The molecule has 0 aromatic rings. The van der Waals surface area contributed by atoms with Crippen molar-refractivity contribution in [3.8, 4) is 0 Å². The van der Waals surface area contributed by atoms with E-state index < -0.39 is 0 Å². The summed E-state index contributed by atoms with van der Waals surface area (Å²) in [5, 5.41) is 0. The summed E-state index contributed by atoms with van der Waals surface area (Å²) in [5.74, 6) is 1.24. The quantitative estimate of drug-likeness (QED) is 0.283. The Morgan fingerprint density at radius 1 is 0.769 bits per heavy atom. The average molecular weight is 369 g/mol. The molecule has 3 heteroatoms. The third-order valence-electron chi connectivity index (χ3n) is 4.15. The maximum Gasteiger partial charge on any atom is 0.302 e. The summed E-state index contributed by atoms with van der Waals surface area (Å²) in [4.78, 5) is 10.5. The molecule has 0 bridgehead atoms. The van der Waals surface area contributed by atoms with Crippen LogP contribution in [0.3, 0.4) is 0 Å². The van der Waals surface area contributed by atoms with Crippen molar-refractivity contribution < 1.29 is 14.3 Å². The summed E-state index contributed by atoms with van der Waals surface area (Å²) in [6.45, 7) is 15.9. The highest BCUT2D eigenvalue weighted by molar-refractivity contribution is 5.65. The molecule has 0 aliphatic heterocycles. The van der Waals surface area contributed by atoms with E-state index in [9.17, 15) is 4.79 Å². The van der Waals surface area contributed by atoms with E-state index in [1.54, 1.807) is 7.11 Å². The molecule has 0 aromatic heterocycles. The standard InChI is InChI=1S/C12H22O2.C11H22O/c1-10(2)6-5-7-11(3)8-9-14-12(4)13;1-10(2)6-5-7-11(3)8-9-12-4/h6,11H,5,7-9H2,1-4H3;6,11H,5,7-9H2,1-4H3. The van der Waals surface area contributed by atoms with Gasteiger partial charge in [-0.15, -0.1) is 0 Å². The average Bonchev–Trinajstić information content (AvgIpc) is 2.52. The van der Waals surface area contributed by atoms with E-state index in [0.29, 0.717) is 12.5 Å². The zero-order valence-electron chi connectivity index (χ0n) is 18.7. The van der Waals surface area contributed by atoms with Gasteiger partial charge in [-0.3, -0.25) is 4.79 Å². The number of methoxy groups -OCH3 is 1. The first-order valence-electron chi connectivity index (χ1n) is 10.1. The van der Waals surface area contributed by atoms with Crippen molar-refractivity contribution in [2.75, 3.05) is 20.3 Å². The van der Waals surface area contributed by atoms with Crippen LogP contribution < -0.4 is 0 Å². The Bertz CT molecular complexity index is 388. The molecular formula is C23H44O3. The van der Waals surface area contributed by atoms with Crippen molar-refractivity contribution >= 4 is 5.97 Å². The Morgan fingerprint density at radius 3 is 1.54 bits per heavy atom. The SMILES string of the molecule is CC(=O)OCCC(C)CCC=C(C)C.COCCC(C)CCC=C(C)C. The lowest BCUT2D eigenvalue weighted by Crippen LogP contribution is -2.05. The Morgan fingerprint density at radius 2 is 1.19 bits per heavy atom. The predicted octanol–water partition coefficient (Wildman–Crippen LogP) is 6.73. The number of rotatable bonds is 12.